The van der Waals surface area contributed by atoms with Gasteiger partial charge in [-0.15, -0.1) is 5.10 Å². The van der Waals surface area contributed by atoms with Crippen molar-refractivity contribution >= 4 is 34.4 Å². The van der Waals surface area contributed by atoms with Gasteiger partial charge < -0.3 is 19.9 Å². The number of anilines is 1. The molecule has 10 heteroatoms. The lowest BCUT2D eigenvalue weighted by Gasteiger charge is -2.30. The van der Waals surface area contributed by atoms with E-state index in [9.17, 15) is 9.90 Å². The van der Waals surface area contributed by atoms with Crippen molar-refractivity contribution in [1.82, 2.24) is 20.5 Å². The van der Waals surface area contributed by atoms with Crippen LogP contribution < -0.4 is 15.4 Å². The predicted octanol–water partition coefficient (Wildman–Crippen LogP) is 3.27. The molecule has 1 atom stereocenters. The zero-order valence-electron chi connectivity index (χ0n) is 16.9. The van der Waals surface area contributed by atoms with Crippen molar-refractivity contribution in [3.8, 4) is 5.88 Å². The Balaban J connectivity index is 1.71. The number of carbonyl (C=O) groups excluding carboxylic acids is 1. The molecule has 0 radical (unpaired) electrons. The van der Waals surface area contributed by atoms with Gasteiger partial charge in [0, 0.05) is 24.4 Å². The van der Waals surface area contributed by atoms with E-state index in [1.807, 2.05) is 0 Å². The molecule has 0 bridgehead atoms. The van der Waals surface area contributed by atoms with Crippen LogP contribution in [-0.4, -0.2) is 52.2 Å². The molecule has 160 valence electrons. The third kappa shape index (κ3) is 5.38. The number of amides is 2. The van der Waals surface area contributed by atoms with Crippen LogP contribution in [0.15, 0.2) is 36.5 Å². The standard InChI is InChI=1S/C20H24ClN5O4/c1-20(2,28)17(12-4-6-13(21)7-5-12)24-19(27)23-16-10-15-14(11-22-16)18(26-25-15)30-9-8-29-3/h4-7,10-11,17,28H,8-9H2,1-3H3,(H,25,26)(H2,22,23,24,27). The highest BCUT2D eigenvalue weighted by molar-refractivity contribution is 6.30. The van der Waals surface area contributed by atoms with E-state index in [1.54, 1.807) is 57.5 Å². The lowest BCUT2D eigenvalue weighted by Crippen LogP contribution is -2.43. The normalized spacial score (nSPS) is 12.6. The number of ether oxygens (including phenoxy) is 2. The van der Waals surface area contributed by atoms with Gasteiger partial charge in [0.2, 0.25) is 5.88 Å². The highest BCUT2D eigenvalue weighted by Crippen LogP contribution is 2.27. The van der Waals surface area contributed by atoms with Gasteiger partial charge in [0.15, 0.2) is 0 Å². The summed E-state index contributed by atoms with van der Waals surface area (Å²) in [6.45, 7) is 4.04. The summed E-state index contributed by atoms with van der Waals surface area (Å²) in [4.78, 5) is 16.8. The molecule has 9 nitrogen and oxygen atoms in total. The van der Waals surface area contributed by atoms with Crippen LogP contribution >= 0.6 is 11.6 Å². The second-order valence-electron chi connectivity index (χ2n) is 7.22. The minimum Gasteiger partial charge on any atom is -0.474 e. The Morgan fingerprint density at radius 1 is 1.30 bits per heavy atom. The number of aromatic amines is 1. The highest BCUT2D eigenvalue weighted by atomic mass is 35.5. The van der Waals surface area contributed by atoms with Crippen LogP contribution in [-0.2, 0) is 4.74 Å². The number of hydrogen-bond donors (Lipinski definition) is 4. The number of methoxy groups -OCH3 is 1. The first-order valence-corrected chi connectivity index (χ1v) is 9.67. The van der Waals surface area contributed by atoms with Crippen molar-refractivity contribution in [2.24, 2.45) is 0 Å². The van der Waals surface area contributed by atoms with E-state index in [0.29, 0.717) is 40.8 Å². The van der Waals surface area contributed by atoms with E-state index in [0.717, 1.165) is 5.56 Å². The number of nitrogens with zero attached hydrogens (tertiary/aromatic N) is 2. The number of urea groups is 1. The molecule has 2 amide bonds. The Kier molecular flexibility index (Phi) is 6.76. The first kappa shape index (κ1) is 21.8. The van der Waals surface area contributed by atoms with Crippen LogP contribution in [0.3, 0.4) is 0 Å². The summed E-state index contributed by atoms with van der Waals surface area (Å²) in [5, 5.41) is 24.2. The zero-order chi connectivity index (χ0) is 21.7. The van der Waals surface area contributed by atoms with E-state index in [-0.39, 0.29) is 0 Å². The Morgan fingerprint density at radius 2 is 2.03 bits per heavy atom. The number of nitrogens with one attached hydrogen (secondary N) is 3. The van der Waals surface area contributed by atoms with Gasteiger partial charge in [-0.05, 0) is 31.5 Å². The number of carbonyl (C=O) groups is 1. The molecule has 4 N–H and O–H groups in total. The third-order valence-electron chi connectivity index (χ3n) is 4.37. The minimum absolute atomic E-state index is 0.317. The number of benzene rings is 1. The summed E-state index contributed by atoms with van der Waals surface area (Å²) >= 11 is 5.93. The number of halogens is 1. The van der Waals surface area contributed by atoms with Crippen molar-refractivity contribution in [3.63, 3.8) is 0 Å². The van der Waals surface area contributed by atoms with Gasteiger partial charge in [0.05, 0.1) is 29.2 Å². The van der Waals surface area contributed by atoms with Crippen LogP contribution in [0.4, 0.5) is 10.6 Å². The number of aromatic nitrogens is 3. The molecule has 0 saturated carbocycles. The fraction of sp³-hybridized carbons (Fsp3) is 0.350. The smallest absolute Gasteiger partial charge is 0.320 e. The van der Waals surface area contributed by atoms with E-state index in [4.69, 9.17) is 21.1 Å². The lowest BCUT2D eigenvalue weighted by atomic mass is 9.92. The van der Waals surface area contributed by atoms with Gasteiger partial charge >= 0.3 is 6.03 Å². The van der Waals surface area contributed by atoms with Gasteiger partial charge in [-0.1, -0.05) is 23.7 Å². The Hall–Kier alpha value is -2.88. The van der Waals surface area contributed by atoms with Gasteiger partial charge in [0.1, 0.15) is 12.4 Å². The van der Waals surface area contributed by atoms with E-state index >= 15 is 0 Å². The summed E-state index contributed by atoms with van der Waals surface area (Å²) in [6.07, 6.45) is 1.56. The Bertz CT molecular complexity index is 1000. The van der Waals surface area contributed by atoms with Gasteiger partial charge in [0.25, 0.3) is 0 Å². The Labute approximate surface area is 178 Å². The number of hydrogen-bond acceptors (Lipinski definition) is 6. The fourth-order valence-electron chi connectivity index (χ4n) is 2.90. The molecule has 0 fully saturated rings. The molecular weight excluding hydrogens is 410 g/mol. The molecule has 1 unspecified atom stereocenters. The first-order valence-electron chi connectivity index (χ1n) is 9.29. The van der Waals surface area contributed by atoms with Gasteiger partial charge in [-0.25, -0.2) is 9.78 Å². The second-order valence-corrected chi connectivity index (χ2v) is 7.66. The Morgan fingerprint density at radius 3 is 2.70 bits per heavy atom. The molecule has 0 spiro atoms. The molecule has 0 aliphatic heterocycles. The summed E-state index contributed by atoms with van der Waals surface area (Å²) in [5.74, 6) is 0.730. The minimum atomic E-state index is -1.21. The van der Waals surface area contributed by atoms with E-state index in [2.05, 4.69) is 25.8 Å². The van der Waals surface area contributed by atoms with E-state index in [1.165, 1.54) is 0 Å². The quantitative estimate of drug-likeness (QED) is 0.404. The predicted molar refractivity (Wildman–Crippen MR) is 114 cm³/mol. The molecule has 2 aromatic heterocycles. The number of fused-ring (bicyclic) bond motifs is 1. The van der Waals surface area contributed by atoms with Crippen molar-refractivity contribution in [3.05, 3.63) is 47.1 Å². The van der Waals surface area contributed by atoms with Crippen molar-refractivity contribution in [2.75, 3.05) is 25.6 Å². The molecule has 0 aliphatic carbocycles. The summed E-state index contributed by atoms with van der Waals surface area (Å²) in [6, 6.07) is 7.39. The maximum absolute atomic E-state index is 12.6. The van der Waals surface area contributed by atoms with Crippen LogP contribution in [0.5, 0.6) is 5.88 Å². The van der Waals surface area contributed by atoms with Crippen molar-refractivity contribution in [2.45, 2.75) is 25.5 Å². The molecule has 3 aromatic rings. The summed E-state index contributed by atoms with van der Waals surface area (Å²) in [7, 11) is 1.59. The highest BCUT2D eigenvalue weighted by Gasteiger charge is 2.30. The maximum Gasteiger partial charge on any atom is 0.320 e. The number of pyridine rings is 1. The van der Waals surface area contributed by atoms with E-state index < -0.39 is 17.7 Å². The molecule has 0 saturated heterocycles. The van der Waals surface area contributed by atoms with Gasteiger partial charge in [-0.3, -0.25) is 10.4 Å². The van der Waals surface area contributed by atoms with Crippen molar-refractivity contribution in [1.29, 1.82) is 0 Å². The van der Waals surface area contributed by atoms with Crippen LogP contribution in [0.2, 0.25) is 5.02 Å². The van der Waals surface area contributed by atoms with Crippen molar-refractivity contribution < 1.29 is 19.4 Å². The molecule has 2 heterocycles. The molecule has 1 aromatic carbocycles. The van der Waals surface area contributed by atoms with Crippen LogP contribution in [0.1, 0.15) is 25.5 Å². The average Bonchev–Trinajstić information content (AvgIpc) is 3.09. The maximum atomic E-state index is 12.6. The summed E-state index contributed by atoms with van der Waals surface area (Å²) < 4.78 is 10.5. The topological polar surface area (TPSA) is 121 Å². The third-order valence-corrected chi connectivity index (χ3v) is 4.62. The number of H-pyrrole nitrogens is 1. The SMILES string of the molecule is COCCOc1n[nH]c2cc(NC(=O)NC(c3ccc(Cl)cc3)C(C)(C)O)ncc12. The largest absolute Gasteiger partial charge is 0.474 e. The molecule has 30 heavy (non-hydrogen) atoms. The monoisotopic (exact) mass is 433 g/mol. The van der Waals surface area contributed by atoms with Crippen LogP contribution in [0, 0.1) is 0 Å². The summed E-state index contributed by atoms with van der Waals surface area (Å²) in [5.41, 5.74) is 0.168. The second kappa shape index (κ2) is 9.29. The van der Waals surface area contributed by atoms with Gasteiger partial charge in [-0.2, -0.15) is 0 Å². The van der Waals surface area contributed by atoms with Crippen LogP contribution in [0.25, 0.3) is 10.9 Å². The average molecular weight is 434 g/mol. The number of aliphatic hydroxyl groups is 1. The first-order chi connectivity index (χ1) is 14.3. The lowest BCUT2D eigenvalue weighted by molar-refractivity contribution is 0.0415. The fourth-order valence-corrected chi connectivity index (χ4v) is 3.02. The molecule has 3 rings (SSSR count). The molecular formula is C20H24ClN5O4. The number of rotatable bonds is 8. The molecule has 0 aliphatic rings. The zero-order valence-corrected chi connectivity index (χ0v) is 17.7.